The minimum atomic E-state index is -4.77. The largest absolute Gasteiger partial charge is 0.446 e. The first-order valence-electron chi connectivity index (χ1n) is 6.48. The van der Waals surface area contributed by atoms with Crippen molar-refractivity contribution >= 4 is 46.1 Å². The first-order valence-corrected chi connectivity index (χ1v) is 7.67. The number of aromatic nitrogens is 2. The molecule has 0 radical (unpaired) electrons. The van der Waals surface area contributed by atoms with Gasteiger partial charge >= 0.3 is 16.9 Å². The molecule has 0 N–H and O–H groups in total. The lowest BCUT2D eigenvalue weighted by molar-refractivity contribution is -0.383. The van der Waals surface area contributed by atoms with Crippen LogP contribution in [-0.2, 0) is 5.38 Å². The number of carbonyl (C=O) groups is 1. The van der Waals surface area contributed by atoms with Gasteiger partial charge in [0.15, 0.2) is 5.52 Å². The Balaban J connectivity index is 2.91. The molecule has 0 saturated carbocycles. The van der Waals surface area contributed by atoms with Crippen LogP contribution in [0.25, 0.3) is 11.0 Å². The monoisotopic (exact) mass is 418 g/mol. The van der Waals surface area contributed by atoms with Gasteiger partial charge in [-0.2, -0.15) is 22.0 Å². The van der Waals surface area contributed by atoms with Gasteiger partial charge in [-0.25, -0.2) is 14.3 Å². The zero-order valence-corrected chi connectivity index (χ0v) is 14.4. The summed E-state index contributed by atoms with van der Waals surface area (Å²) in [6.07, 6.45) is 0. The van der Waals surface area contributed by atoms with Crippen LogP contribution in [0.3, 0.4) is 0 Å². The summed E-state index contributed by atoms with van der Waals surface area (Å²) in [4.78, 5) is 25.9. The Bertz CT molecular complexity index is 894. The highest BCUT2D eigenvalue weighted by Gasteiger charge is 2.40. The zero-order valence-electron chi connectivity index (χ0n) is 12.8. The normalized spacial score (nSPS) is 12.5. The molecular formula is C12H8ClF5N4O3S. The predicted octanol–water partition coefficient (Wildman–Crippen LogP) is 4.37. The summed E-state index contributed by atoms with van der Waals surface area (Å²) in [5, 5.41) is 7.07. The summed E-state index contributed by atoms with van der Waals surface area (Å²) >= 11 is 4.23. The second-order valence-electron chi connectivity index (χ2n) is 5.06. The average molecular weight is 419 g/mol. The maximum Gasteiger partial charge on any atom is 0.446 e. The number of alkyl halides is 6. The molecule has 1 aromatic carbocycles. The smallest absolute Gasteiger partial charge is 0.330 e. The van der Waals surface area contributed by atoms with Gasteiger partial charge in [-0.15, -0.1) is 0 Å². The summed E-state index contributed by atoms with van der Waals surface area (Å²) < 4.78 is 65.1. The minimum absolute atomic E-state index is 0.211. The van der Waals surface area contributed by atoms with Crippen LogP contribution in [0.5, 0.6) is 0 Å². The second-order valence-corrected chi connectivity index (χ2v) is 6.67. The molecule has 26 heavy (non-hydrogen) atoms. The third-order valence-electron chi connectivity index (χ3n) is 2.96. The molecule has 0 aliphatic rings. The van der Waals surface area contributed by atoms with E-state index in [0.717, 1.165) is 4.90 Å². The quantitative estimate of drug-likeness (QED) is 0.243. The number of carbonyl (C=O) groups excluding carboxylic acids is 1. The Morgan fingerprint density at radius 2 is 1.88 bits per heavy atom. The molecule has 1 aromatic heterocycles. The Hall–Kier alpha value is -2.15. The van der Waals surface area contributed by atoms with Gasteiger partial charge in [0.25, 0.3) is 5.69 Å². The maximum absolute atomic E-state index is 13.6. The molecular weight excluding hydrogens is 411 g/mol. The summed E-state index contributed by atoms with van der Waals surface area (Å²) in [6, 6.07) is 0.103. The van der Waals surface area contributed by atoms with Crippen molar-refractivity contribution in [3.8, 4) is 0 Å². The number of non-ortho nitro benzene ring substituents is 1. The van der Waals surface area contributed by atoms with Gasteiger partial charge in [0.05, 0.1) is 10.4 Å². The predicted molar refractivity (Wildman–Crippen MR) is 82.5 cm³/mol. The van der Waals surface area contributed by atoms with Gasteiger partial charge in [0, 0.05) is 25.1 Å². The molecule has 0 aliphatic heterocycles. The zero-order chi connectivity index (χ0) is 20.0. The molecule has 0 spiro atoms. The van der Waals surface area contributed by atoms with Crippen molar-refractivity contribution in [2.45, 2.75) is 15.8 Å². The maximum atomic E-state index is 13.6. The van der Waals surface area contributed by atoms with E-state index in [1.807, 2.05) is 0 Å². The van der Waals surface area contributed by atoms with Crippen molar-refractivity contribution in [2.75, 3.05) is 14.1 Å². The standard InChI is InChI=1S/C12H8ClF5N4O3S/c1-20(2)10(23)21-8-6(19-9(21)11(13,14)15)3-5(26-12(16,17)18)4-7(8)22(24)25/h3-4H,1-2H3. The number of hydrogen-bond donors (Lipinski definition) is 0. The first-order chi connectivity index (χ1) is 11.7. The molecule has 1 heterocycles. The molecule has 14 heteroatoms. The molecule has 0 bridgehead atoms. The van der Waals surface area contributed by atoms with Crippen molar-refractivity contribution in [1.29, 1.82) is 0 Å². The van der Waals surface area contributed by atoms with Gasteiger partial charge in [0.1, 0.15) is 0 Å². The molecule has 0 atom stereocenters. The number of imidazole rings is 1. The van der Waals surface area contributed by atoms with E-state index >= 15 is 0 Å². The molecule has 7 nitrogen and oxygen atoms in total. The summed E-state index contributed by atoms with van der Waals surface area (Å²) in [7, 11) is 2.37. The van der Waals surface area contributed by atoms with E-state index < -0.39 is 61.0 Å². The molecule has 1 amide bonds. The Kier molecular flexibility index (Phi) is 5.07. The highest BCUT2D eigenvalue weighted by atomic mass is 35.5. The summed E-state index contributed by atoms with van der Waals surface area (Å²) in [6.45, 7) is 0. The van der Waals surface area contributed by atoms with E-state index in [9.17, 15) is 36.9 Å². The minimum Gasteiger partial charge on any atom is -0.330 e. The van der Waals surface area contributed by atoms with Crippen LogP contribution < -0.4 is 0 Å². The number of nitrogens with zero attached hydrogens (tertiary/aromatic N) is 4. The van der Waals surface area contributed by atoms with E-state index in [1.165, 1.54) is 14.1 Å². The molecule has 0 aliphatic carbocycles. The van der Waals surface area contributed by atoms with Crippen LogP contribution >= 0.6 is 23.4 Å². The van der Waals surface area contributed by atoms with Gasteiger partial charge in [0.2, 0.25) is 5.82 Å². The number of fused-ring (bicyclic) bond motifs is 1. The van der Waals surface area contributed by atoms with E-state index in [2.05, 4.69) is 4.98 Å². The SMILES string of the molecule is CN(C)C(=O)n1c(C(F)(F)Cl)nc2cc(SC(F)(F)F)cc([N+](=O)[O-])c21. The number of amides is 1. The second kappa shape index (κ2) is 6.54. The lowest BCUT2D eigenvalue weighted by Gasteiger charge is -2.15. The number of nitro benzene ring substituents is 1. The van der Waals surface area contributed by atoms with Crippen molar-refractivity contribution in [3.63, 3.8) is 0 Å². The lowest BCUT2D eigenvalue weighted by atomic mass is 10.2. The van der Waals surface area contributed by atoms with Gasteiger partial charge in [-0.05, 0) is 29.4 Å². The van der Waals surface area contributed by atoms with Crippen molar-refractivity contribution in [1.82, 2.24) is 14.5 Å². The van der Waals surface area contributed by atoms with Gasteiger partial charge < -0.3 is 4.90 Å². The van der Waals surface area contributed by atoms with Crippen LogP contribution in [0.2, 0.25) is 0 Å². The van der Waals surface area contributed by atoms with Gasteiger partial charge in [-0.3, -0.25) is 10.1 Å². The van der Waals surface area contributed by atoms with Crippen molar-refractivity contribution < 1.29 is 31.7 Å². The third kappa shape index (κ3) is 3.98. The number of thioether (sulfide) groups is 1. The molecule has 2 aromatic rings. The van der Waals surface area contributed by atoms with Crippen LogP contribution in [0.1, 0.15) is 5.82 Å². The Labute approximate surface area is 150 Å². The van der Waals surface area contributed by atoms with Crippen molar-refractivity contribution in [3.05, 3.63) is 28.1 Å². The number of nitro groups is 1. The highest BCUT2D eigenvalue weighted by molar-refractivity contribution is 8.00. The number of benzene rings is 1. The number of rotatable bonds is 3. The van der Waals surface area contributed by atoms with E-state index in [-0.39, 0.29) is 4.57 Å². The average Bonchev–Trinajstić information content (AvgIpc) is 2.82. The molecule has 0 fully saturated rings. The fourth-order valence-corrected chi connectivity index (χ4v) is 2.81. The summed E-state index contributed by atoms with van der Waals surface area (Å²) in [5.74, 6) is -1.34. The topological polar surface area (TPSA) is 81.3 Å². The first kappa shape index (κ1) is 20.2. The van der Waals surface area contributed by atoms with Crippen LogP contribution in [-0.4, -0.2) is 45.0 Å². The fourth-order valence-electron chi connectivity index (χ4n) is 2.07. The molecule has 142 valence electrons. The van der Waals surface area contributed by atoms with Crippen LogP contribution in [0, 0.1) is 10.1 Å². The Morgan fingerprint density at radius 1 is 1.31 bits per heavy atom. The van der Waals surface area contributed by atoms with Gasteiger partial charge in [-0.1, -0.05) is 0 Å². The van der Waals surface area contributed by atoms with Crippen LogP contribution in [0.4, 0.5) is 32.4 Å². The van der Waals surface area contributed by atoms with E-state index in [4.69, 9.17) is 11.6 Å². The van der Waals surface area contributed by atoms with E-state index in [1.54, 1.807) is 0 Å². The summed E-state index contributed by atoms with van der Waals surface area (Å²) in [5.41, 5.74) is -7.06. The number of halogens is 6. The Morgan fingerprint density at radius 3 is 2.31 bits per heavy atom. The van der Waals surface area contributed by atoms with E-state index in [0.29, 0.717) is 12.1 Å². The highest BCUT2D eigenvalue weighted by Crippen LogP contribution is 2.42. The molecule has 0 saturated heterocycles. The lowest BCUT2D eigenvalue weighted by Crippen LogP contribution is -2.30. The van der Waals surface area contributed by atoms with Crippen molar-refractivity contribution in [2.24, 2.45) is 0 Å². The van der Waals surface area contributed by atoms with Crippen LogP contribution in [0.15, 0.2) is 17.0 Å². The molecule has 2 rings (SSSR count). The fraction of sp³-hybridized carbons (Fsp3) is 0.333. The third-order valence-corrected chi connectivity index (χ3v) is 3.83. The molecule has 0 unspecified atom stereocenters. The number of hydrogen-bond acceptors (Lipinski definition) is 5.